The Labute approximate surface area is 106 Å². The van der Waals surface area contributed by atoms with Gasteiger partial charge >= 0.3 is 0 Å². The summed E-state index contributed by atoms with van der Waals surface area (Å²) in [5.41, 5.74) is 5.07. The molecule has 0 fully saturated rings. The first-order valence-electron chi connectivity index (χ1n) is 5.85. The zero-order valence-corrected chi connectivity index (χ0v) is 10.2. The van der Waals surface area contributed by atoms with Crippen LogP contribution in [0.4, 0.5) is 0 Å². The standard InChI is InChI=1S/C15H13ClO/c16-14-7-6-13(9-15(14)17)12-5-4-10-2-1-3-11(10)8-12/h4-9,17H,1-3H2. The van der Waals surface area contributed by atoms with Crippen molar-refractivity contribution in [1.82, 2.24) is 0 Å². The third kappa shape index (κ3) is 1.91. The molecular formula is C15H13ClO. The summed E-state index contributed by atoms with van der Waals surface area (Å²) in [5.74, 6) is 0.143. The summed E-state index contributed by atoms with van der Waals surface area (Å²) < 4.78 is 0. The van der Waals surface area contributed by atoms with Gasteiger partial charge in [0.1, 0.15) is 5.75 Å². The highest BCUT2D eigenvalue weighted by atomic mass is 35.5. The van der Waals surface area contributed by atoms with Crippen molar-refractivity contribution in [3.63, 3.8) is 0 Å². The van der Waals surface area contributed by atoms with Crippen LogP contribution in [0.1, 0.15) is 17.5 Å². The highest BCUT2D eigenvalue weighted by Crippen LogP contribution is 2.32. The molecule has 3 rings (SSSR count). The number of phenols is 1. The minimum atomic E-state index is 0.143. The van der Waals surface area contributed by atoms with Gasteiger partial charge < -0.3 is 5.11 Å². The summed E-state index contributed by atoms with van der Waals surface area (Å²) in [7, 11) is 0. The Hall–Kier alpha value is -1.47. The normalized spacial score (nSPS) is 13.7. The van der Waals surface area contributed by atoms with Crippen molar-refractivity contribution in [1.29, 1.82) is 0 Å². The quantitative estimate of drug-likeness (QED) is 0.797. The molecule has 2 aromatic carbocycles. The third-order valence-electron chi connectivity index (χ3n) is 3.38. The zero-order valence-electron chi connectivity index (χ0n) is 9.41. The molecule has 0 heterocycles. The fraction of sp³-hybridized carbons (Fsp3) is 0.200. The number of benzene rings is 2. The summed E-state index contributed by atoms with van der Waals surface area (Å²) in [6.45, 7) is 0. The van der Waals surface area contributed by atoms with Crippen molar-refractivity contribution in [3.05, 3.63) is 52.5 Å². The minimum Gasteiger partial charge on any atom is -0.506 e. The van der Waals surface area contributed by atoms with Crippen LogP contribution in [0.5, 0.6) is 5.75 Å². The predicted octanol–water partition coefficient (Wildman–Crippen LogP) is 4.20. The number of aryl methyl sites for hydroxylation is 2. The van der Waals surface area contributed by atoms with Crippen LogP contribution in [-0.4, -0.2) is 5.11 Å². The molecular weight excluding hydrogens is 232 g/mol. The van der Waals surface area contributed by atoms with E-state index < -0.39 is 0 Å². The molecule has 1 aliphatic rings. The maximum absolute atomic E-state index is 9.62. The Morgan fingerprint density at radius 3 is 2.41 bits per heavy atom. The lowest BCUT2D eigenvalue weighted by Gasteiger charge is -2.06. The molecule has 0 amide bonds. The van der Waals surface area contributed by atoms with E-state index in [1.54, 1.807) is 12.1 Å². The largest absolute Gasteiger partial charge is 0.506 e. The number of fused-ring (bicyclic) bond motifs is 1. The Morgan fingerprint density at radius 2 is 1.59 bits per heavy atom. The molecule has 0 saturated carbocycles. The van der Waals surface area contributed by atoms with Crippen LogP contribution in [0.2, 0.25) is 5.02 Å². The van der Waals surface area contributed by atoms with E-state index in [1.807, 2.05) is 6.07 Å². The first-order chi connectivity index (χ1) is 8.24. The van der Waals surface area contributed by atoms with Gasteiger partial charge in [0.2, 0.25) is 0 Å². The van der Waals surface area contributed by atoms with Gasteiger partial charge in [-0.15, -0.1) is 0 Å². The monoisotopic (exact) mass is 244 g/mol. The highest BCUT2D eigenvalue weighted by Gasteiger charge is 2.11. The number of aromatic hydroxyl groups is 1. The zero-order chi connectivity index (χ0) is 11.8. The number of hydrogen-bond acceptors (Lipinski definition) is 1. The highest BCUT2D eigenvalue weighted by molar-refractivity contribution is 6.32. The fourth-order valence-electron chi connectivity index (χ4n) is 2.44. The van der Waals surface area contributed by atoms with Gasteiger partial charge in [0.05, 0.1) is 5.02 Å². The van der Waals surface area contributed by atoms with Crippen molar-refractivity contribution in [2.45, 2.75) is 19.3 Å². The van der Waals surface area contributed by atoms with Crippen molar-refractivity contribution >= 4 is 11.6 Å². The molecule has 1 nitrogen and oxygen atoms in total. The van der Waals surface area contributed by atoms with Gasteiger partial charge in [0.25, 0.3) is 0 Å². The Kier molecular flexibility index (Phi) is 2.56. The molecule has 1 aliphatic carbocycles. The molecule has 0 saturated heterocycles. The topological polar surface area (TPSA) is 20.2 Å². The van der Waals surface area contributed by atoms with Crippen LogP contribution in [0.3, 0.4) is 0 Å². The van der Waals surface area contributed by atoms with E-state index in [-0.39, 0.29) is 5.75 Å². The van der Waals surface area contributed by atoms with Gasteiger partial charge in [-0.25, -0.2) is 0 Å². The summed E-state index contributed by atoms with van der Waals surface area (Å²) in [4.78, 5) is 0. The molecule has 2 aromatic rings. The molecule has 0 unspecified atom stereocenters. The molecule has 1 N–H and O–H groups in total. The van der Waals surface area contributed by atoms with Crippen molar-refractivity contribution in [2.75, 3.05) is 0 Å². The average Bonchev–Trinajstić information content (AvgIpc) is 2.79. The van der Waals surface area contributed by atoms with Gasteiger partial charge in [-0.1, -0.05) is 35.9 Å². The number of phenolic OH excluding ortho intramolecular Hbond substituents is 1. The van der Waals surface area contributed by atoms with Gasteiger partial charge in [-0.05, 0) is 53.6 Å². The van der Waals surface area contributed by atoms with Crippen LogP contribution in [0.15, 0.2) is 36.4 Å². The van der Waals surface area contributed by atoms with E-state index in [4.69, 9.17) is 11.6 Å². The maximum atomic E-state index is 9.62. The molecule has 0 aliphatic heterocycles. The smallest absolute Gasteiger partial charge is 0.134 e. The second-order valence-electron chi connectivity index (χ2n) is 4.50. The summed E-state index contributed by atoms with van der Waals surface area (Å²) in [6.07, 6.45) is 3.62. The van der Waals surface area contributed by atoms with Crippen LogP contribution in [0, 0.1) is 0 Å². The van der Waals surface area contributed by atoms with E-state index in [1.165, 1.54) is 30.4 Å². The molecule has 0 radical (unpaired) electrons. The van der Waals surface area contributed by atoms with Crippen LogP contribution >= 0.6 is 11.6 Å². The van der Waals surface area contributed by atoms with Crippen molar-refractivity contribution in [3.8, 4) is 16.9 Å². The van der Waals surface area contributed by atoms with Crippen molar-refractivity contribution in [2.24, 2.45) is 0 Å². The van der Waals surface area contributed by atoms with E-state index in [9.17, 15) is 5.11 Å². The predicted molar refractivity (Wildman–Crippen MR) is 70.6 cm³/mol. The Bertz CT molecular complexity index is 575. The number of rotatable bonds is 1. The van der Waals surface area contributed by atoms with Gasteiger partial charge in [-0.3, -0.25) is 0 Å². The minimum absolute atomic E-state index is 0.143. The van der Waals surface area contributed by atoms with E-state index in [0.717, 1.165) is 11.1 Å². The molecule has 17 heavy (non-hydrogen) atoms. The SMILES string of the molecule is Oc1cc(-c2ccc3c(c2)CCC3)ccc1Cl. The van der Waals surface area contributed by atoms with Crippen LogP contribution in [0.25, 0.3) is 11.1 Å². The molecule has 86 valence electrons. The van der Waals surface area contributed by atoms with E-state index in [2.05, 4.69) is 18.2 Å². The second kappa shape index (κ2) is 4.08. The Morgan fingerprint density at radius 1 is 0.882 bits per heavy atom. The summed E-state index contributed by atoms with van der Waals surface area (Å²) >= 11 is 5.81. The number of hydrogen-bond donors (Lipinski definition) is 1. The van der Waals surface area contributed by atoms with Crippen molar-refractivity contribution < 1.29 is 5.11 Å². The summed E-state index contributed by atoms with van der Waals surface area (Å²) in [6, 6.07) is 11.9. The van der Waals surface area contributed by atoms with Gasteiger partial charge in [-0.2, -0.15) is 0 Å². The first kappa shape index (κ1) is 10.7. The molecule has 2 heteroatoms. The van der Waals surface area contributed by atoms with Crippen LogP contribution < -0.4 is 0 Å². The molecule has 0 atom stereocenters. The Balaban J connectivity index is 2.06. The molecule has 0 spiro atoms. The number of halogens is 1. The summed E-state index contributed by atoms with van der Waals surface area (Å²) in [5, 5.41) is 10.0. The van der Waals surface area contributed by atoms with Gasteiger partial charge in [0.15, 0.2) is 0 Å². The third-order valence-corrected chi connectivity index (χ3v) is 3.70. The van der Waals surface area contributed by atoms with E-state index >= 15 is 0 Å². The lowest BCUT2D eigenvalue weighted by molar-refractivity contribution is 0.476. The maximum Gasteiger partial charge on any atom is 0.134 e. The molecule has 0 aromatic heterocycles. The van der Waals surface area contributed by atoms with Gasteiger partial charge in [0, 0.05) is 0 Å². The van der Waals surface area contributed by atoms with Crippen LogP contribution in [-0.2, 0) is 12.8 Å². The second-order valence-corrected chi connectivity index (χ2v) is 4.91. The molecule has 0 bridgehead atoms. The lowest BCUT2D eigenvalue weighted by Crippen LogP contribution is -1.84. The first-order valence-corrected chi connectivity index (χ1v) is 6.22. The lowest BCUT2D eigenvalue weighted by atomic mass is 10.0. The fourth-order valence-corrected chi connectivity index (χ4v) is 2.56. The average molecular weight is 245 g/mol. The van der Waals surface area contributed by atoms with E-state index in [0.29, 0.717) is 5.02 Å².